The average Bonchev–Trinajstić information content (AvgIpc) is 3.51. The number of fused-ring (bicyclic) bond motifs is 6. The van der Waals surface area contributed by atoms with E-state index in [1.807, 2.05) is 42.5 Å². The van der Waals surface area contributed by atoms with E-state index >= 15 is 0 Å². The highest BCUT2D eigenvalue weighted by molar-refractivity contribution is 6.06. The normalized spacial score (nSPS) is 25.9. The van der Waals surface area contributed by atoms with Crippen LogP contribution in [0.2, 0.25) is 0 Å². The van der Waals surface area contributed by atoms with Crippen molar-refractivity contribution in [2.75, 3.05) is 0 Å². The standard InChI is InChI=1S/C27H22N2O3/c30-26-24-19-10-11-20(14-19)25(24)27(31)29(26)28-15-17-8-12-22(13-9-17)32-16-21-6-3-5-18-4-1-2-7-23(18)21/h1-13,15,19-20,24-25H,14,16H2/b28-15-/t19-,20-,24-,25+/m0/s1. The number of hydrogen-bond acceptors (Lipinski definition) is 4. The molecular formula is C27H22N2O3. The summed E-state index contributed by atoms with van der Waals surface area (Å²) in [6.45, 7) is 0.477. The second-order valence-corrected chi connectivity index (χ2v) is 8.73. The Hall–Kier alpha value is -3.73. The van der Waals surface area contributed by atoms with E-state index in [0.29, 0.717) is 6.61 Å². The lowest BCUT2D eigenvalue weighted by Gasteiger charge is -2.13. The number of carbonyl (C=O) groups is 2. The monoisotopic (exact) mass is 422 g/mol. The van der Waals surface area contributed by atoms with Crippen LogP contribution in [-0.4, -0.2) is 23.0 Å². The van der Waals surface area contributed by atoms with Gasteiger partial charge >= 0.3 is 0 Å². The van der Waals surface area contributed by atoms with Crippen molar-refractivity contribution >= 4 is 28.8 Å². The first kappa shape index (κ1) is 19.0. The molecule has 1 aliphatic heterocycles. The summed E-state index contributed by atoms with van der Waals surface area (Å²) >= 11 is 0. The quantitative estimate of drug-likeness (QED) is 0.344. The maximum absolute atomic E-state index is 12.7. The van der Waals surface area contributed by atoms with Gasteiger partial charge in [0.1, 0.15) is 12.4 Å². The van der Waals surface area contributed by atoms with Crippen LogP contribution in [0.5, 0.6) is 5.75 Å². The van der Waals surface area contributed by atoms with Crippen molar-refractivity contribution in [2.24, 2.45) is 28.8 Å². The van der Waals surface area contributed by atoms with Crippen LogP contribution in [0.4, 0.5) is 0 Å². The first-order valence-corrected chi connectivity index (χ1v) is 11.0. The lowest BCUT2D eigenvalue weighted by atomic mass is 9.85. The number of ether oxygens (including phenoxy) is 1. The third-order valence-electron chi connectivity index (χ3n) is 6.92. The first-order chi connectivity index (χ1) is 15.7. The molecule has 0 unspecified atom stereocenters. The van der Waals surface area contributed by atoms with Gasteiger partial charge in [0, 0.05) is 0 Å². The van der Waals surface area contributed by atoms with Crippen LogP contribution in [0.1, 0.15) is 17.5 Å². The van der Waals surface area contributed by atoms with Gasteiger partial charge in [-0.15, -0.1) is 0 Å². The van der Waals surface area contributed by atoms with Crippen molar-refractivity contribution in [1.82, 2.24) is 5.01 Å². The number of carbonyl (C=O) groups excluding carboxylic acids is 2. The topological polar surface area (TPSA) is 59.0 Å². The Balaban J connectivity index is 1.12. The molecular weight excluding hydrogens is 400 g/mol. The lowest BCUT2D eigenvalue weighted by molar-refractivity contribution is -0.140. The summed E-state index contributed by atoms with van der Waals surface area (Å²) in [4.78, 5) is 25.4. The maximum Gasteiger partial charge on any atom is 0.254 e. The number of benzene rings is 3. The van der Waals surface area contributed by atoms with Gasteiger partial charge in [-0.3, -0.25) is 9.59 Å². The molecule has 3 aliphatic rings. The highest BCUT2D eigenvalue weighted by Gasteiger charge is 2.59. The van der Waals surface area contributed by atoms with Crippen molar-refractivity contribution in [1.29, 1.82) is 0 Å². The van der Waals surface area contributed by atoms with Gasteiger partial charge in [0.05, 0.1) is 18.1 Å². The van der Waals surface area contributed by atoms with Crippen molar-refractivity contribution in [3.63, 3.8) is 0 Å². The Labute approximate surface area is 186 Å². The SMILES string of the molecule is O=C1[C@@H]2[C@H](C(=O)N1/N=C\c1ccc(OCc3cccc4ccccc34)cc1)[C@H]1C=C[C@H]2C1. The van der Waals surface area contributed by atoms with Crippen LogP contribution >= 0.6 is 0 Å². The number of amides is 2. The summed E-state index contributed by atoms with van der Waals surface area (Å²) in [5.74, 6) is 0.366. The molecule has 0 aromatic heterocycles. The van der Waals surface area contributed by atoms with Gasteiger partial charge in [-0.25, -0.2) is 0 Å². The van der Waals surface area contributed by atoms with Gasteiger partial charge in [0.2, 0.25) is 0 Å². The van der Waals surface area contributed by atoms with E-state index < -0.39 is 0 Å². The van der Waals surface area contributed by atoms with Crippen LogP contribution in [0, 0.1) is 23.7 Å². The van der Waals surface area contributed by atoms with Crippen molar-refractivity contribution in [3.05, 3.63) is 90.0 Å². The number of nitrogens with zero attached hydrogens (tertiary/aromatic N) is 2. The van der Waals surface area contributed by atoms with Gasteiger partial charge in [-0.1, -0.05) is 54.6 Å². The van der Waals surface area contributed by atoms with E-state index in [2.05, 4.69) is 41.5 Å². The molecule has 2 bridgehead atoms. The molecule has 6 rings (SSSR count). The molecule has 0 radical (unpaired) electrons. The highest BCUT2D eigenvalue weighted by Crippen LogP contribution is 2.52. The Morgan fingerprint density at radius 1 is 0.875 bits per heavy atom. The molecule has 0 spiro atoms. The summed E-state index contributed by atoms with van der Waals surface area (Å²) in [5.41, 5.74) is 1.94. The fourth-order valence-corrected chi connectivity index (χ4v) is 5.35. The molecule has 2 aliphatic carbocycles. The number of hydrazone groups is 1. The van der Waals surface area contributed by atoms with Gasteiger partial charge in [0.15, 0.2) is 0 Å². The zero-order valence-electron chi connectivity index (χ0n) is 17.4. The molecule has 3 aromatic carbocycles. The Morgan fingerprint density at radius 2 is 1.56 bits per heavy atom. The lowest BCUT2D eigenvalue weighted by Crippen LogP contribution is -2.28. The zero-order chi connectivity index (χ0) is 21.7. The predicted octanol–water partition coefficient (Wildman–Crippen LogP) is 4.56. The van der Waals surface area contributed by atoms with Gasteiger partial charge in [0.25, 0.3) is 11.8 Å². The van der Waals surface area contributed by atoms with Crippen molar-refractivity contribution < 1.29 is 14.3 Å². The minimum atomic E-state index is -0.223. The van der Waals surface area contributed by atoms with Crippen LogP contribution in [0.3, 0.4) is 0 Å². The van der Waals surface area contributed by atoms with E-state index in [1.54, 1.807) is 6.21 Å². The second kappa shape index (κ2) is 7.45. The summed E-state index contributed by atoms with van der Waals surface area (Å²) in [6, 6.07) is 22.0. The molecule has 1 heterocycles. The third kappa shape index (κ3) is 3.04. The van der Waals surface area contributed by atoms with Crippen LogP contribution in [0.25, 0.3) is 10.8 Å². The zero-order valence-corrected chi connectivity index (χ0v) is 17.4. The van der Waals surface area contributed by atoms with Crippen molar-refractivity contribution in [2.45, 2.75) is 13.0 Å². The van der Waals surface area contributed by atoms with E-state index in [-0.39, 0.29) is 35.5 Å². The third-order valence-corrected chi connectivity index (χ3v) is 6.92. The number of rotatable bonds is 5. The molecule has 1 saturated carbocycles. The second-order valence-electron chi connectivity index (χ2n) is 8.73. The Bertz CT molecular complexity index is 1240. The summed E-state index contributed by atoms with van der Waals surface area (Å²) in [7, 11) is 0. The largest absolute Gasteiger partial charge is 0.489 e. The smallest absolute Gasteiger partial charge is 0.254 e. The van der Waals surface area contributed by atoms with Crippen LogP contribution < -0.4 is 4.74 Å². The van der Waals surface area contributed by atoms with Gasteiger partial charge in [-0.2, -0.15) is 10.1 Å². The molecule has 0 N–H and O–H groups in total. The molecule has 3 aromatic rings. The highest BCUT2D eigenvalue weighted by atomic mass is 16.5. The number of hydrogen-bond donors (Lipinski definition) is 0. The summed E-state index contributed by atoms with van der Waals surface area (Å²) in [6.07, 6.45) is 6.66. The molecule has 2 amide bonds. The molecule has 32 heavy (non-hydrogen) atoms. The fraction of sp³-hybridized carbons (Fsp3) is 0.222. The van der Waals surface area contributed by atoms with E-state index in [0.717, 1.165) is 28.3 Å². The van der Waals surface area contributed by atoms with Crippen LogP contribution in [-0.2, 0) is 16.2 Å². The molecule has 158 valence electrons. The molecule has 2 fully saturated rings. The maximum atomic E-state index is 12.7. The number of imide groups is 1. The summed E-state index contributed by atoms with van der Waals surface area (Å²) < 4.78 is 5.98. The molecule has 5 heteroatoms. The van der Waals surface area contributed by atoms with E-state index in [9.17, 15) is 9.59 Å². The predicted molar refractivity (Wildman–Crippen MR) is 122 cm³/mol. The van der Waals surface area contributed by atoms with Gasteiger partial charge < -0.3 is 4.74 Å². The molecule has 5 nitrogen and oxygen atoms in total. The summed E-state index contributed by atoms with van der Waals surface area (Å²) in [5, 5.41) is 7.69. The Kier molecular flexibility index (Phi) is 4.42. The molecule has 4 atom stereocenters. The number of allylic oxidation sites excluding steroid dienone is 2. The fourth-order valence-electron chi connectivity index (χ4n) is 5.35. The van der Waals surface area contributed by atoms with Crippen LogP contribution in [0.15, 0.2) is 84.0 Å². The minimum absolute atomic E-state index is 0.164. The van der Waals surface area contributed by atoms with E-state index in [1.165, 1.54) is 10.8 Å². The van der Waals surface area contributed by atoms with Gasteiger partial charge in [-0.05, 0) is 64.4 Å². The minimum Gasteiger partial charge on any atom is -0.489 e. The van der Waals surface area contributed by atoms with Crippen molar-refractivity contribution in [3.8, 4) is 5.75 Å². The van der Waals surface area contributed by atoms with E-state index in [4.69, 9.17) is 4.74 Å². The first-order valence-electron chi connectivity index (χ1n) is 11.0. The molecule has 1 saturated heterocycles. The Morgan fingerprint density at radius 3 is 2.31 bits per heavy atom. The average molecular weight is 422 g/mol.